The van der Waals surface area contributed by atoms with Crippen LogP contribution in [0.2, 0.25) is 0 Å². The molecule has 0 aromatic rings. The van der Waals surface area contributed by atoms with E-state index in [9.17, 15) is 0 Å². The van der Waals surface area contributed by atoms with Gasteiger partial charge >= 0.3 is 0 Å². The van der Waals surface area contributed by atoms with Crippen molar-refractivity contribution in [2.24, 2.45) is 10.8 Å². The molecule has 1 rings (SSSR count). The van der Waals surface area contributed by atoms with E-state index in [2.05, 4.69) is 29.2 Å². The summed E-state index contributed by atoms with van der Waals surface area (Å²) in [6, 6.07) is 0.455. The lowest BCUT2D eigenvalue weighted by Gasteiger charge is -2.39. The van der Waals surface area contributed by atoms with Crippen LogP contribution in [0.5, 0.6) is 0 Å². The van der Waals surface area contributed by atoms with E-state index in [-0.39, 0.29) is 0 Å². The molecule has 1 fully saturated rings. The molecule has 3 N–H and O–H groups in total. The summed E-state index contributed by atoms with van der Waals surface area (Å²) in [6.45, 7) is 6.70. The first-order valence-corrected chi connectivity index (χ1v) is 6.63. The zero-order valence-corrected chi connectivity index (χ0v) is 11.1. The first-order valence-electron chi connectivity index (χ1n) is 5.59. The normalized spacial score (nSPS) is 27.0. The Morgan fingerprint density at radius 3 is 3.00 bits per heavy atom. The van der Waals surface area contributed by atoms with Crippen LogP contribution in [0.1, 0.15) is 13.8 Å². The van der Waals surface area contributed by atoms with Gasteiger partial charge in [0.05, 0.1) is 13.2 Å². The first-order chi connectivity index (χ1) is 7.70. The van der Waals surface area contributed by atoms with E-state index in [4.69, 9.17) is 10.6 Å². The van der Waals surface area contributed by atoms with Gasteiger partial charge in [0.25, 0.3) is 0 Å². The van der Waals surface area contributed by atoms with Gasteiger partial charge in [0.15, 0.2) is 0 Å². The van der Waals surface area contributed by atoms with Crippen molar-refractivity contribution in [3.63, 3.8) is 0 Å². The molecule has 1 aliphatic heterocycles. The van der Waals surface area contributed by atoms with Crippen LogP contribution < -0.4 is 11.3 Å². The molecule has 0 aliphatic carbocycles. The minimum atomic E-state index is 0.455. The predicted octanol–water partition coefficient (Wildman–Crippen LogP) is 0.278. The van der Waals surface area contributed by atoms with Gasteiger partial charge in [0.1, 0.15) is 0 Å². The van der Waals surface area contributed by atoms with Gasteiger partial charge in [-0.25, -0.2) is 10.8 Å². The van der Waals surface area contributed by atoms with Gasteiger partial charge < -0.3 is 9.64 Å². The molecule has 2 atom stereocenters. The molecule has 1 heterocycles. The predicted molar refractivity (Wildman–Crippen MR) is 69.6 cm³/mol. The van der Waals surface area contributed by atoms with Gasteiger partial charge in [0, 0.05) is 30.7 Å². The lowest BCUT2D eigenvalue weighted by Crippen LogP contribution is -2.54. The van der Waals surface area contributed by atoms with E-state index in [1.807, 2.05) is 11.8 Å². The minimum absolute atomic E-state index is 0.455. The van der Waals surface area contributed by atoms with Gasteiger partial charge in [-0.15, -0.1) is 0 Å². The molecule has 0 radical (unpaired) electrons. The van der Waals surface area contributed by atoms with Crippen LogP contribution in [0.25, 0.3) is 0 Å². The van der Waals surface area contributed by atoms with E-state index in [0.29, 0.717) is 24.4 Å². The van der Waals surface area contributed by atoms with Gasteiger partial charge in [0.2, 0.25) is 5.96 Å². The van der Waals surface area contributed by atoms with Crippen molar-refractivity contribution in [3.05, 3.63) is 0 Å². The third-order valence-corrected chi connectivity index (χ3v) is 4.18. The molecule has 1 saturated heterocycles. The van der Waals surface area contributed by atoms with Gasteiger partial charge in [-0.2, -0.15) is 11.8 Å². The summed E-state index contributed by atoms with van der Waals surface area (Å²) in [7, 11) is 1.67. The Morgan fingerprint density at radius 1 is 1.62 bits per heavy atom. The van der Waals surface area contributed by atoms with Crippen molar-refractivity contribution in [3.8, 4) is 0 Å². The number of thioether (sulfide) groups is 1. The second-order valence-corrected chi connectivity index (χ2v) is 5.34. The van der Waals surface area contributed by atoms with Crippen LogP contribution in [0, 0.1) is 0 Å². The highest BCUT2D eigenvalue weighted by Crippen LogP contribution is 2.23. The molecule has 0 aromatic carbocycles. The fourth-order valence-corrected chi connectivity index (χ4v) is 2.79. The van der Waals surface area contributed by atoms with E-state index >= 15 is 0 Å². The highest BCUT2D eigenvalue weighted by atomic mass is 32.2. The Kier molecular flexibility index (Phi) is 5.94. The molecule has 16 heavy (non-hydrogen) atoms. The Labute approximate surface area is 102 Å². The number of nitrogens with zero attached hydrogens (tertiary/aromatic N) is 2. The van der Waals surface area contributed by atoms with Crippen molar-refractivity contribution < 1.29 is 4.74 Å². The minimum Gasteiger partial charge on any atom is -0.383 e. The van der Waals surface area contributed by atoms with Crippen molar-refractivity contribution in [2.45, 2.75) is 25.1 Å². The van der Waals surface area contributed by atoms with Crippen LogP contribution in [0.15, 0.2) is 4.99 Å². The summed E-state index contributed by atoms with van der Waals surface area (Å²) in [5.41, 5.74) is 2.69. The molecule has 1 aliphatic rings. The number of nitrogens with two attached hydrogens (primary N) is 1. The summed E-state index contributed by atoms with van der Waals surface area (Å²) < 4.78 is 4.97. The number of ether oxygens (including phenoxy) is 1. The maximum Gasteiger partial charge on any atom is 0.208 e. The summed E-state index contributed by atoms with van der Waals surface area (Å²) in [5, 5.41) is 0.606. The summed E-state index contributed by atoms with van der Waals surface area (Å²) in [5.74, 6) is 7.42. The number of methoxy groups -OCH3 is 1. The van der Waals surface area contributed by atoms with Crippen LogP contribution in [-0.4, -0.2) is 54.7 Å². The van der Waals surface area contributed by atoms with Crippen LogP contribution in [0.4, 0.5) is 0 Å². The van der Waals surface area contributed by atoms with Crippen LogP contribution in [-0.2, 0) is 4.74 Å². The van der Waals surface area contributed by atoms with Crippen molar-refractivity contribution in [1.82, 2.24) is 10.3 Å². The third-order valence-electron chi connectivity index (χ3n) is 2.84. The number of nitrogens with one attached hydrogen (secondary N) is 1. The number of hydrogen-bond donors (Lipinski definition) is 2. The number of hydrogen-bond acceptors (Lipinski definition) is 4. The largest absolute Gasteiger partial charge is 0.383 e. The van der Waals surface area contributed by atoms with Crippen molar-refractivity contribution in [2.75, 3.05) is 32.6 Å². The fourth-order valence-electron chi connectivity index (χ4n) is 1.69. The Balaban J connectivity index is 2.60. The molecule has 0 amide bonds. The second-order valence-electron chi connectivity index (χ2n) is 3.85. The molecule has 5 nitrogen and oxygen atoms in total. The summed E-state index contributed by atoms with van der Waals surface area (Å²) >= 11 is 2.00. The molecule has 2 unspecified atom stereocenters. The molecule has 94 valence electrons. The first kappa shape index (κ1) is 13.6. The number of hydrazine groups is 1. The van der Waals surface area contributed by atoms with Crippen molar-refractivity contribution >= 4 is 17.7 Å². The molecule has 6 heteroatoms. The SMILES string of the molecule is COCCN=C(NN)N1CCSC(C)C1C. The third kappa shape index (κ3) is 3.54. The van der Waals surface area contributed by atoms with Crippen molar-refractivity contribution in [1.29, 1.82) is 0 Å². The average molecular weight is 246 g/mol. The average Bonchev–Trinajstić information content (AvgIpc) is 2.29. The maximum absolute atomic E-state index is 5.52. The van der Waals surface area contributed by atoms with E-state index in [1.165, 1.54) is 0 Å². The van der Waals surface area contributed by atoms with Crippen LogP contribution >= 0.6 is 11.8 Å². The van der Waals surface area contributed by atoms with Crippen LogP contribution in [0.3, 0.4) is 0 Å². The van der Waals surface area contributed by atoms with E-state index in [1.54, 1.807) is 7.11 Å². The molecule has 0 aromatic heterocycles. The number of guanidine groups is 1. The number of rotatable bonds is 3. The molecule has 0 bridgehead atoms. The smallest absolute Gasteiger partial charge is 0.208 e. The number of aliphatic imine (C=N–C) groups is 1. The topological polar surface area (TPSA) is 62.9 Å². The Hall–Kier alpha value is -0.460. The molecular formula is C10H22N4OS. The van der Waals surface area contributed by atoms with Gasteiger partial charge in [-0.1, -0.05) is 6.92 Å². The van der Waals surface area contributed by atoms with E-state index < -0.39 is 0 Å². The monoisotopic (exact) mass is 246 g/mol. The second kappa shape index (κ2) is 6.98. The van der Waals surface area contributed by atoms with Gasteiger partial charge in [-0.3, -0.25) is 5.43 Å². The maximum atomic E-state index is 5.52. The molecule has 0 saturated carbocycles. The standard InChI is InChI=1S/C10H22N4OS/c1-8-9(2)16-7-5-14(8)10(13-11)12-4-6-15-3/h8-9H,4-7,11H2,1-3H3,(H,12,13). The lowest BCUT2D eigenvalue weighted by molar-refractivity contribution is 0.207. The highest BCUT2D eigenvalue weighted by molar-refractivity contribution is 8.00. The van der Waals surface area contributed by atoms with Gasteiger partial charge in [-0.05, 0) is 6.92 Å². The lowest BCUT2D eigenvalue weighted by atomic mass is 10.2. The van der Waals surface area contributed by atoms with E-state index in [0.717, 1.165) is 18.3 Å². The highest BCUT2D eigenvalue weighted by Gasteiger charge is 2.27. The zero-order chi connectivity index (χ0) is 12.0. The summed E-state index contributed by atoms with van der Waals surface area (Å²) in [6.07, 6.45) is 0. The Morgan fingerprint density at radius 2 is 2.38 bits per heavy atom. The molecule has 0 spiro atoms. The fraction of sp³-hybridized carbons (Fsp3) is 0.900. The zero-order valence-electron chi connectivity index (χ0n) is 10.3. The quantitative estimate of drug-likeness (QED) is 0.246. The summed E-state index contributed by atoms with van der Waals surface area (Å²) in [4.78, 5) is 6.65. The Bertz CT molecular complexity index is 237. The molecular weight excluding hydrogens is 224 g/mol.